The highest BCUT2D eigenvalue weighted by Gasteiger charge is 2.14. The molecule has 2 nitrogen and oxygen atoms in total. The van der Waals surface area contributed by atoms with E-state index in [1.807, 2.05) is 6.92 Å². The summed E-state index contributed by atoms with van der Waals surface area (Å²) in [5, 5.41) is 4.69. The van der Waals surface area contributed by atoms with Crippen molar-refractivity contribution in [2.24, 2.45) is 0 Å². The predicted octanol–water partition coefficient (Wildman–Crippen LogP) is 4.80. The Morgan fingerprint density at radius 3 is 2.22 bits per heavy atom. The van der Waals surface area contributed by atoms with E-state index in [1.165, 1.54) is 0 Å². The number of nitrogens with one attached hydrogen (secondary N) is 1. The molecule has 0 heterocycles. The summed E-state index contributed by atoms with van der Waals surface area (Å²) in [5.74, 6) is 0.550. The Labute approximate surface area is 124 Å². The molecule has 1 N–H and O–H groups in total. The highest BCUT2D eigenvalue weighted by Crippen LogP contribution is 2.34. The zero-order valence-electron chi connectivity index (χ0n) is 11.0. The number of halogens is 3. The molecule has 0 fully saturated rings. The number of hydrogen-bond donors (Lipinski definition) is 1. The van der Waals surface area contributed by atoms with Crippen LogP contribution in [0.3, 0.4) is 0 Å². The van der Waals surface area contributed by atoms with Gasteiger partial charge in [-0.25, -0.2) is 0 Å². The van der Waals surface area contributed by atoms with Crippen molar-refractivity contribution in [2.75, 3.05) is 6.54 Å². The SMILES string of the molecule is CC(CNC(C)(C)C)Oc1cc(Cl)c(Cl)cc1Cl. The van der Waals surface area contributed by atoms with Crippen molar-refractivity contribution in [1.29, 1.82) is 0 Å². The molecule has 1 aromatic rings. The second kappa shape index (κ2) is 6.33. The maximum Gasteiger partial charge on any atom is 0.139 e. The van der Waals surface area contributed by atoms with E-state index < -0.39 is 0 Å². The summed E-state index contributed by atoms with van der Waals surface area (Å²) in [4.78, 5) is 0. The fourth-order valence-corrected chi connectivity index (χ4v) is 1.88. The van der Waals surface area contributed by atoms with Crippen LogP contribution in [-0.4, -0.2) is 18.2 Å². The summed E-state index contributed by atoms with van der Waals surface area (Å²) in [6.07, 6.45) is -0.0148. The third-order valence-electron chi connectivity index (χ3n) is 2.22. The largest absolute Gasteiger partial charge is 0.488 e. The van der Waals surface area contributed by atoms with Crippen molar-refractivity contribution in [1.82, 2.24) is 5.32 Å². The van der Waals surface area contributed by atoms with E-state index in [9.17, 15) is 0 Å². The topological polar surface area (TPSA) is 21.3 Å². The smallest absolute Gasteiger partial charge is 0.139 e. The highest BCUT2D eigenvalue weighted by atomic mass is 35.5. The molecule has 0 radical (unpaired) electrons. The lowest BCUT2D eigenvalue weighted by Crippen LogP contribution is -2.41. The van der Waals surface area contributed by atoms with E-state index in [4.69, 9.17) is 39.5 Å². The number of benzene rings is 1. The Balaban J connectivity index is 2.65. The van der Waals surface area contributed by atoms with Gasteiger partial charge in [-0.05, 0) is 33.8 Å². The molecule has 0 aliphatic rings. The molecule has 0 amide bonds. The van der Waals surface area contributed by atoms with Gasteiger partial charge in [-0.15, -0.1) is 0 Å². The Hall–Kier alpha value is -0.150. The molecule has 5 heteroatoms. The van der Waals surface area contributed by atoms with Crippen molar-refractivity contribution >= 4 is 34.8 Å². The van der Waals surface area contributed by atoms with Crippen LogP contribution in [0.2, 0.25) is 15.1 Å². The highest BCUT2D eigenvalue weighted by molar-refractivity contribution is 6.43. The molecule has 1 unspecified atom stereocenters. The van der Waals surface area contributed by atoms with Crippen LogP contribution in [0, 0.1) is 0 Å². The van der Waals surface area contributed by atoms with Crippen LogP contribution in [0.5, 0.6) is 5.75 Å². The van der Waals surface area contributed by atoms with Gasteiger partial charge in [0.2, 0.25) is 0 Å². The van der Waals surface area contributed by atoms with Gasteiger partial charge >= 0.3 is 0 Å². The molecule has 1 rings (SSSR count). The third-order valence-corrected chi connectivity index (χ3v) is 3.24. The van der Waals surface area contributed by atoms with Gasteiger partial charge in [0.05, 0.1) is 15.1 Å². The first-order valence-corrected chi connectivity index (χ1v) is 6.88. The Bertz CT molecular complexity index is 415. The molecule has 18 heavy (non-hydrogen) atoms. The van der Waals surface area contributed by atoms with E-state index >= 15 is 0 Å². The zero-order valence-corrected chi connectivity index (χ0v) is 13.2. The minimum atomic E-state index is -0.0148. The summed E-state index contributed by atoms with van der Waals surface area (Å²) in [6, 6.07) is 3.23. The van der Waals surface area contributed by atoms with Crippen molar-refractivity contribution in [3.63, 3.8) is 0 Å². The zero-order chi connectivity index (χ0) is 13.9. The van der Waals surface area contributed by atoms with Gasteiger partial charge in [0, 0.05) is 18.2 Å². The normalized spacial score (nSPS) is 13.5. The first-order valence-electron chi connectivity index (χ1n) is 5.75. The molecule has 0 spiro atoms. The molecule has 0 aliphatic carbocycles. The Morgan fingerprint density at radius 1 is 1.11 bits per heavy atom. The van der Waals surface area contributed by atoms with Crippen LogP contribution >= 0.6 is 34.8 Å². The quantitative estimate of drug-likeness (QED) is 0.806. The summed E-state index contributed by atoms with van der Waals surface area (Å²) in [5.41, 5.74) is 0.0546. The van der Waals surface area contributed by atoms with Crippen LogP contribution in [-0.2, 0) is 0 Å². The Kier molecular flexibility index (Phi) is 5.60. The van der Waals surface area contributed by atoms with Crippen LogP contribution < -0.4 is 10.1 Å². The molecular weight excluding hydrogens is 293 g/mol. The average molecular weight is 311 g/mol. The van der Waals surface area contributed by atoms with E-state index in [0.29, 0.717) is 20.8 Å². The summed E-state index contributed by atoms with van der Waals surface area (Å²) >= 11 is 17.8. The van der Waals surface area contributed by atoms with Gasteiger partial charge in [-0.2, -0.15) is 0 Å². The minimum absolute atomic E-state index is 0.0148. The summed E-state index contributed by atoms with van der Waals surface area (Å²) in [6.45, 7) is 9.00. The summed E-state index contributed by atoms with van der Waals surface area (Å²) < 4.78 is 5.74. The van der Waals surface area contributed by atoms with Crippen molar-refractivity contribution in [3.05, 3.63) is 27.2 Å². The molecular formula is C13H18Cl3NO. The monoisotopic (exact) mass is 309 g/mol. The lowest BCUT2D eigenvalue weighted by Gasteiger charge is -2.24. The molecule has 102 valence electrons. The van der Waals surface area contributed by atoms with E-state index in [-0.39, 0.29) is 11.6 Å². The Morgan fingerprint density at radius 2 is 1.67 bits per heavy atom. The molecule has 0 saturated heterocycles. The van der Waals surface area contributed by atoms with Gasteiger partial charge in [0.15, 0.2) is 0 Å². The number of rotatable bonds is 4. The standard InChI is InChI=1S/C13H18Cl3NO/c1-8(7-17-13(2,3)4)18-12-6-10(15)9(14)5-11(12)16/h5-6,8,17H,7H2,1-4H3. The predicted molar refractivity (Wildman–Crippen MR) is 79.3 cm³/mol. The van der Waals surface area contributed by atoms with Crippen molar-refractivity contribution < 1.29 is 4.74 Å². The van der Waals surface area contributed by atoms with Gasteiger partial charge in [0.25, 0.3) is 0 Å². The first-order chi connectivity index (χ1) is 8.19. The molecule has 0 saturated carbocycles. The van der Waals surface area contributed by atoms with Crippen LogP contribution in [0.4, 0.5) is 0 Å². The lowest BCUT2D eigenvalue weighted by molar-refractivity contribution is 0.203. The number of ether oxygens (including phenoxy) is 1. The second-order valence-electron chi connectivity index (χ2n) is 5.26. The van der Waals surface area contributed by atoms with Crippen molar-refractivity contribution in [3.8, 4) is 5.75 Å². The van der Waals surface area contributed by atoms with E-state index in [1.54, 1.807) is 12.1 Å². The third kappa shape index (κ3) is 5.23. The molecule has 1 aromatic carbocycles. The second-order valence-corrected chi connectivity index (χ2v) is 6.48. The molecule has 0 aliphatic heterocycles. The van der Waals surface area contributed by atoms with Crippen LogP contribution in [0.25, 0.3) is 0 Å². The maximum atomic E-state index is 6.05. The lowest BCUT2D eigenvalue weighted by atomic mass is 10.1. The number of hydrogen-bond acceptors (Lipinski definition) is 2. The maximum absolute atomic E-state index is 6.05. The fourth-order valence-electron chi connectivity index (χ4n) is 1.30. The average Bonchev–Trinajstić information content (AvgIpc) is 2.22. The van der Waals surface area contributed by atoms with Gasteiger partial charge < -0.3 is 10.1 Å². The minimum Gasteiger partial charge on any atom is -0.488 e. The van der Waals surface area contributed by atoms with Gasteiger partial charge in [-0.3, -0.25) is 0 Å². The van der Waals surface area contributed by atoms with Gasteiger partial charge in [-0.1, -0.05) is 34.8 Å². The molecule has 0 bridgehead atoms. The fraction of sp³-hybridized carbons (Fsp3) is 0.538. The van der Waals surface area contributed by atoms with E-state index in [2.05, 4.69) is 26.1 Å². The van der Waals surface area contributed by atoms with E-state index in [0.717, 1.165) is 6.54 Å². The van der Waals surface area contributed by atoms with Gasteiger partial charge in [0.1, 0.15) is 11.9 Å². The summed E-state index contributed by atoms with van der Waals surface area (Å²) in [7, 11) is 0. The first kappa shape index (κ1) is 15.9. The van der Waals surface area contributed by atoms with Crippen LogP contribution in [0.15, 0.2) is 12.1 Å². The molecule has 1 atom stereocenters. The van der Waals surface area contributed by atoms with Crippen molar-refractivity contribution in [2.45, 2.75) is 39.3 Å². The van der Waals surface area contributed by atoms with Crippen LogP contribution in [0.1, 0.15) is 27.7 Å². The molecule has 0 aromatic heterocycles.